The number of hydrogen-bond acceptors (Lipinski definition) is 4. The molecule has 4 heteroatoms. The van der Waals surface area contributed by atoms with Gasteiger partial charge in [-0.25, -0.2) is 0 Å². The van der Waals surface area contributed by atoms with Crippen LogP contribution in [0.2, 0.25) is 0 Å². The molecule has 4 nitrogen and oxygen atoms in total. The SMILES string of the molecule is COCCCOCCNCCO. The lowest BCUT2D eigenvalue weighted by atomic mass is 10.5. The zero-order chi connectivity index (χ0) is 9.07. The van der Waals surface area contributed by atoms with E-state index in [0.717, 1.165) is 26.2 Å². The molecule has 0 saturated carbocycles. The lowest BCUT2D eigenvalue weighted by Gasteiger charge is -2.04. The van der Waals surface area contributed by atoms with Gasteiger partial charge in [0.2, 0.25) is 0 Å². The first-order valence-electron chi connectivity index (χ1n) is 4.30. The highest BCUT2D eigenvalue weighted by molar-refractivity contribution is 4.43. The first-order chi connectivity index (χ1) is 5.91. The Hall–Kier alpha value is -0.160. The molecule has 0 aromatic rings. The zero-order valence-corrected chi connectivity index (χ0v) is 7.71. The number of ether oxygens (including phenoxy) is 2. The van der Waals surface area contributed by atoms with Crippen LogP contribution in [0.15, 0.2) is 0 Å². The molecule has 0 saturated heterocycles. The van der Waals surface area contributed by atoms with E-state index in [1.54, 1.807) is 7.11 Å². The maximum Gasteiger partial charge on any atom is 0.0590 e. The van der Waals surface area contributed by atoms with Crippen molar-refractivity contribution in [3.8, 4) is 0 Å². The van der Waals surface area contributed by atoms with Crippen molar-refractivity contribution in [2.45, 2.75) is 6.42 Å². The van der Waals surface area contributed by atoms with Crippen LogP contribution < -0.4 is 5.32 Å². The van der Waals surface area contributed by atoms with Crippen LogP contribution in [0.5, 0.6) is 0 Å². The average Bonchev–Trinajstić information content (AvgIpc) is 2.10. The van der Waals surface area contributed by atoms with Crippen molar-refractivity contribution in [3.05, 3.63) is 0 Å². The summed E-state index contributed by atoms with van der Waals surface area (Å²) in [6.45, 7) is 3.82. The van der Waals surface area contributed by atoms with Crippen LogP contribution in [0.4, 0.5) is 0 Å². The minimum Gasteiger partial charge on any atom is -0.395 e. The van der Waals surface area contributed by atoms with E-state index in [0.29, 0.717) is 13.2 Å². The number of aliphatic hydroxyl groups is 1. The molecular formula is C8H19NO3. The van der Waals surface area contributed by atoms with Crippen LogP contribution in [0.3, 0.4) is 0 Å². The van der Waals surface area contributed by atoms with Gasteiger partial charge in [-0.1, -0.05) is 0 Å². The molecule has 0 unspecified atom stereocenters. The number of hydrogen-bond donors (Lipinski definition) is 2. The fourth-order valence-corrected chi connectivity index (χ4v) is 0.756. The molecule has 0 amide bonds. The van der Waals surface area contributed by atoms with Gasteiger partial charge in [0.1, 0.15) is 0 Å². The Labute approximate surface area is 73.9 Å². The van der Waals surface area contributed by atoms with Crippen LogP contribution in [-0.4, -0.2) is 51.7 Å². The molecule has 0 bridgehead atoms. The molecule has 74 valence electrons. The topological polar surface area (TPSA) is 50.7 Å². The molecule has 12 heavy (non-hydrogen) atoms. The van der Waals surface area contributed by atoms with Crippen LogP contribution in [-0.2, 0) is 9.47 Å². The Morgan fingerprint density at radius 1 is 1.17 bits per heavy atom. The van der Waals surface area contributed by atoms with E-state index in [9.17, 15) is 0 Å². The summed E-state index contributed by atoms with van der Waals surface area (Å²) < 4.78 is 10.1. The Morgan fingerprint density at radius 3 is 2.67 bits per heavy atom. The third-order valence-corrected chi connectivity index (χ3v) is 1.35. The summed E-state index contributed by atoms with van der Waals surface area (Å²) >= 11 is 0. The predicted molar refractivity (Wildman–Crippen MR) is 47.3 cm³/mol. The third-order valence-electron chi connectivity index (χ3n) is 1.35. The molecule has 0 spiro atoms. The van der Waals surface area contributed by atoms with Gasteiger partial charge in [0.15, 0.2) is 0 Å². The summed E-state index contributed by atoms with van der Waals surface area (Å²) in [6, 6.07) is 0. The molecule has 0 aliphatic carbocycles. The standard InChI is InChI=1S/C8H19NO3/c1-11-6-2-7-12-8-4-9-3-5-10/h9-10H,2-8H2,1H3. The van der Waals surface area contributed by atoms with Crippen molar-refractivity contribution in [2.24, 2.45) is 0 Å². The minimum absolute atomic E-state index is 0.184. The zero-order valence-electron chi connectivity index (χ0n) is 7.71. The van der Waals surface area contributed by atoms with Gasteiger partial charge in [-0.3, -0.25) is 0 Å². The molecule has 0 heterocycles. The molecule has 0 aliphatic rings. The lowest BCUT2D eigenvalue weighted by molar-refractivity contribution is 0.104. The van der Waals surface area contributed by atoms with Crippen molar-refractivity contribution >= 4 is 0 Å². The highest BCUT2D eigenvalue weighted by atomic mass is 16.5. The molecule has 2 N–H and O–H groups in total. The second-order valence-corrected chi connectivity index (χ2v) is 2.43. The molecule has 0 radical (unpaired) electrons. The highest BCUT2D eigenvalue weighted by Crippen LogP contribution is 1.82. The molecule has 0 aromatic carbocycles. The van der Waals surface area contributed by atoms with Crippen LogP contribution >= 0.6 is 0 Å². The number of aliphatic hydroxyl groups excluding tert-OH is 1. The van der Waals surface area contributed by atoms with Gasteiger partial charge in [-0.05, 0) is 6.42 Å². The number of rotatable bonds is 9. The van der Waals surface area contributed by atoms with E-state index in [1.807, 2.05) is 0 Å². The lowest BCUT2D eigenvalue weighted by Crippen LogP contribution is -2.23. The van der Waals surface area contributed by atoms with Gasteiger partial charge in [0.25, 0.3) is 0 Å². The number of nitrogens with one attached hydrogen (secondary N) is 1. The van der Waals surface area contributed by atoms with Crippen LogP contribution in [0, 0.1) is 0 Å². The Kier molecular flexibility index (Phi) is 10.7. The molecular weight excluding hydrogens is 158 g/mol. The molecule has 0 atom stereocenters. The highest BCUT2D eigenvalue weighted by Gasteiger charge is 1.88. The number of methoxy groups -OCH3 is 1. The summed E-state index contributed by atoms with van der Waals surface area (Å²) in [7, 11) is 1.68. The monoisotopic (exact) mass is 177 g/mol. The van der Waals surface area contributed by atoms with Crippen molar-refractivity contribution in [2.75, 3.05) is 46.6 Å². The van der Waals surface area contributed by atoms with Gasteiger partial charge < -0.3 is 19.9 Å². The fraction of sp³-hybridized carbons (Fsp3) is 1.00. The van der Waals surface area contributed by atoms with E-state index in [4.69, 9.17) is 14.6 Å². The van der Waals surface area contributed by atoms with E-state index in [2.05, 4.69) is 5.32 Å². The van der Waals surface area contributed by atoms with Crippen LogP contribution in [0.1, 0.15) is 6.42 Å². The molecule has 0 rings (SSSR count). The summed E-state index contributed by atoms with van der Waals surface area (Å²) in [5.41, 5.74) is 0. The predicted octanol–water partition coefficient (Wildman–Crippen LogP) is -0.379. The Morgan fingerprint density at radius 2 is 2.00 bits per heavy atom. The Balaban J connectivity index is 2.73. The van der Waals surface area contributed by atoms with Crippen molar-refractivity contribution in [3.63, 3.8) is 0 Å². The quantitative estimate of drug-likeness (QED) is 0.471. The summed E-state index contributed by atoms with van der Waals surface area (Å²) in [4.78, 5) is 0. The largest absolute Gasteiger partial charge is 0.395 e. The van der Waals surface area contributed by atoms with Crippen LogP contribution in [0.25, 0.3) is 0 Å². The molecule has 0 aliphatic heterocycles. The van der Waals surface area contributed by atoms with E-state index >= 15 is 0 Å². The van der Waals surface area contributed by atoms with E-state index in [1.165, 1.54) is 0 Å². The van der Waals surface area contributed by atoms with E-state index < -0.39 is 0 Å². The summed E-state index contributed by atoms with van der Waals surface area (Å²) in [5, 5.41) is 11.4. The van der Waals surface area contributed by atoms with Crippen molar-refractivity contribution in [1.82, 2.24) is 5.32 Å². The van der Waals surface area contributed by atoms with Gasteiger partial charge in [-0.2, -0.15) is 0 Å². The average molecular weight is 177 g/mol. The van der Waals surface area contributed by atoms with E-state index in [-0.39, 0.29) is 6.61 Å². The van der Waals surface area contributed by atoms with Gasteiger partial charge >= 0.3 is 0 Å². The summed E-state index contributed by atoms with van der Waals surface area (Å²) in [6.07, 6.45) is 0.941. The third kappa shape index (κ3) is 9.84. The van der Waals surface area contributed by atoms with Crippen molar-refractivity contribution < 1.29 is 14.6 Å². The minimum atomic E-state index is 0.184. The summed E-state index contributed by atoms with van der Waals surface area (Å²) in [5.74, 6) is 0. The maximum absolute atomic E-state index is 8.42. The maximum atomic E-state index is 8.42. The fourth-order valence-electron chi connectivity index (χ4n) is 0.756. The van der Waals surface area contributed by atoms with Gasteiger partial charge in [-0.15, -0.1) is 0 Å². The van der Waals surface area contributed by atoms with Crippen molar-refractivity contribution in [1.29, 1.82) is 0 Å². The van der Waals surface area contributed by atoms with Gasteiger partial charge in [0, 0.05) is 33.4 Å². The second kappa shape index (κ2) is 10.8. The molecule has 0 fully saturated rings. The van der Waals surface area contributed by atoms with Gasteiger partial charge in [0.05, 0.1) is 13.2 Å². The Bertz CT molecular complexity index is 70.7. The first-order valence-corrected chi connectivity index (χ1v) is 4.30. The second-order valence-electron chi connectivity index (χ2n) is 2.43. The molecule has 0 aromatic heterocycles. The smallest absolute Gasteiger partial charge is 0.0590 e. The first kappa shape index (κ1) is 11.8. The normalized spacial score (nSPS) is 10.5.